The van der Waals surface area contributed by atoms with E-state index in [1.165, 1.54) is 37.7 Å². The molecule has 3 unspecified atom stereocenters. The summed E-state index contributed by atoms with van der Waals surface area (Å²) < 4.78 is 34.1. The van der Waals surface area contributed by atoms with Crippen molar-refractivity contribution in [2.45, 2.75) is 133 Å². The Morgan fingerprint density at radius 1 is 0.812 bits per heavy atom. The first-order valence-corrected chi connectivity index (χ1v) is 14.2. The molecule has 2 aliphatic carbocycles. The van der Waals surface area contributed by atoms with Gasteiger partial charge in [0.25, 0.3) is 0 Å². The van der Waals surface area contributed by atoms with E-state index in [1.54, 1.807) is 6.92 Å². The van der Waals surface area contributed by atoms with E-state index < -0.39 is 16.5 Å². The normalized spacial score (nSPS) is 20.9. The molecule has 0 spiro atoms. The number of unbranched alkanes of at least 4 members (excludes halogenated alkanes) is 2. The number of ether oxygens (including phenoxy) is 2. The van der Waals surface area contributed by atoms with E-state index in [4.69, 9.17) is 17.8 Å². The van der Waals surface area contributed by atoms with E-state index >= 15 is 0 Å². The van der Waals surface area contributed by atoms with Crippen LogP contribution in [0.2, 0.25) is 0 Å². The molecular formula is C23H40O7S2. The van der Waals surface area contributed by atoms with Crippen LogP contribution < -0.4 is 0 Å². The third kappa shape index (κ3) is 12.0. The van der Waals surface area contributed by atoms with Gasteiger partial charge in [-0.25, -0.2) is 4.21 Å². The predicted octanol–water partition coefficient (Wildman–Crippen LogP) is 5.73. The van der Waals surface area contributed by atoms with Gasteiger partial charge >= 0.3 is 11.9 Å². The molecule has 0 saturated heterocycles. The Balaban J connectivity index is 1.47. The second kappa shape index (κ2) is 16.1. The van der Waals surface area contributed by atoms with Crippen LogP contribution in [0, 0.1) is 0 Å². The molecule has 7 nitrogen and oxygen atoms in total. The van der Waals surface area contributed by atoms with Gasteiger partial charge in [0.15, 0.2) is 22.0 Å². The Morgan fingerprint density at radius 3 is 1.94 bits per heavy atom. The highest BCUT2D eigenvalue weighted by atomic mass is 32.2. The molecule has 0 bridgehead atoms. The Kier molecular flexibility index (Phi) is 13.9. The van der Waals surface area contributed by atoms with Crippen LogP contribution in [0.15, 0.2) is 0 Å². The van der Waals surface area contributed by atoms with Crippen molar-refractivity contribution in [2.75, 3.05) is 0 Å². The molecular weight excluding hydrogens is 452 g/mol. The lowest BCUT2D eigenvalue weighted by Gasteiger charge is -2.22. The van der Waals surface area contributed by atoms with Gasteiger partial charge in [0.2, 0.25) is 0 Å². The van der Waals surface area contributed by atoms with Gasteiger partial charge < -0.3 is 13.7 Å². The standard InChI is InChI=1S/C23H40O7S2/c1-18(31-29-20-12-6-3-7-13-20)27-22(24)16-10-5-11-17-23(25)28-19(2)32(26)30-21-14-8-4-9-15-21/h18-21H,3-17H2,1-2H3. The first kappa shape index (κ1) is 27.6. The Morgan fingerprint density at radius 2 is 1.34 bits per heavy atom. The van der Waals surface area contributed by atoms with Gasteiger partial charge in [-0.1, -0.05) is 44.9 Å². The van der Waals surface area contributed by atoms with E-state index in [-0.39, 0.29) is 36.0 Å². The van der Waals surface area contributed by atoms with Crippen molar-refractivity contribution >= 4 is 35.1 Å². The van der Waals surface area contributed by atoms with Gasteiger partial charge in [0, 0.05) is 24.9 Å². The molecule has 0 aromatic rings. The smallest absolute Gasteiger partial charge is 0.307 e. The molecule has 9 heteroatoms. The number of rotatable bonds is 14. The molecule has 3 atom stereocenters. The largest absolute Gasteiger partial charge is 0.449 e. The summed E-state index contributed by atoms with van der Waals surface area (Å²) in [4.78, 5) is 23.9. The minimum Gasteiger partial charge on any atom is -0.449 e. The van der Waals surface area contributed by atoms with E-state index in [9.17, 15) is 13.8 Å². The zero-order chi connectivity index (χ0) is 23.2. The predicted molar refractivity (Wildman–Crippen MR) is 126 cm³/mol. The van der Waals surface area contributed by atoms with E-state index in [0.717, 1.165) is 44.9 Å². The fourth-order valence-electron chi connectivity index (χ4n) is 3.95. The van der Waals surface area contributed by atoms with Crippen LogP contribution in [0.5, 0.6) is 0 Å². The number of carbonyl (C=O) groups is 2. The average molecular weight is 493 g/mol. The van der Waals surface area contributed by atoms with Crippen LogP contribution in [0.25, 0.3) is 0 Å². The Hall–Kier alpha value is -0.640. The zero-order valence-corrected chi connectivity index (χ0v) is 21.2. The summed E-state index contributed by atoms with van der Waals surface area (Å²) in [5.74, 6) is -0.630. The molecule has 0 aromatic carbocycles. The molecule has 0 radical (unpaired) electrons. The maximum absolute atomic E-state index is 12.2. The van der Waals surface area contributed by atoms with Crippen LogP contribution in [0.1, 0.15) is 110 Å². The van der Waals surface area contributed by atoms with E-state index in [1.807, 2.05) is 6.92 Å². The third-order valence-electron chi connectivity index (χ3n) is 5.79. The summed E-state index contributed by atoms with van der Waals surface area (Å²) in [6, 6.07) is 0. The van der Waals surface area contributed by atoms with Crippen molar-refractivity contribution in [3.63, 3.8) is 0 Å². The summed E-state index contributed by atoms with van der Waals surface area (Å²) in [6.45, 7) is 3.43. The number of carbonyl (C=O) groups excluding carboxylic acids is 2. The van der Waals surface area contributed by atoms with Gasteiger partial charge in [-0.3, -0.25) is 13.8 Å². The SMILES string of the molecule is CC(OC(=O)CCCCCC(=O)OC(C)S(=O)OC1CCCCC1)SOC1CCCCC1. The fraction of sp³-hybridized carbons (Fsp3) is 0.913. The van der Waals surface area contributed by atoms with Gasteiger partial charge in [0.1, 0.15) is 0 Å². The highest BCUT2D eigenvalue weighted by Gasteiger charge is 2.23. The molecule has 2 aliphatic rings. The molecule has 0 amide bonds. The monoisotopic (exact) mass is 492 g/mol. The summed E-state index contributed by atoms with van der Waals surface area (Å²) in [5.41, 5.74) is -1.09. The first-order chi connectivity index (χ1) is 15.4. The van der Waals surface area contributed by atoms with Gasteiger partial charge in [-0.2, -0.15) is 0 Å². The minimum atomic E-state index is -1.62. The Labute approximate surface area is 199 Å². The molecule has 32 heavy (non-hydrogen) atoms. The van der Waals surface area contributed by atoms with Gasteiger partial charge in [0.05, 0.1) is 12.2 Å². The lowest BCUT2D eigenvalue weighted by Crippen LogP contribution is -2.26. The summed E-state index contributed by atoms with van der Waals surface area (Å²) >= 11 is -0.386. The lowest BCUT2D eigenvalue weighted by molar-refractivity contribution is -0.145. The van der Waals surface area contributed by atoms with Crippen molar-refractivity contribution in [1.82, 2.24) is 0 Å². The first-order valence-electron chi connectivity index (χ1n) is 12.2. The quantitative estimate of drug-likeness (QED) is 0.132. The van der Waals surface area contributed by atoms with Crippen LogP contribution >= 0.6 is 12.0 Å². The number of hydrogen-bond acceptors (Lipinski definition) is 8. The molecule has 0 N–H and O–H groups in total. The zero-order valence-electron chi connectivity index (χ0n) is 19.6. The molecule has 0 aromatic heterocycles. The maximum atomic E-state index is 12.2. The minimum absolute atomic E-state index is 0.00503. The second-order valence-corrected chi connectivity index (χ2v) is 11.2. The van der Waals surface area contributed by atoms with Crippen molar-refractivity contribution < 1.29 is 31.6 Å². The van der Waals surface area contributed by atoms with E-state index in [2.05, 4.69) is 0 Å². The van der Waals surface area contributed by atoms with Gasteiger partial charge in [-0.15, -0.1) is 0 Å². The molecule has 2 fully saturated rings. The van der Waals surface area contributed by atoms with Gasteiger partial charge in [-0.05, 0) is 52.4 Å². The summed E-state index contributed by atoms with van der Waals surface area (Å²) in [7, 11) is 0. The van der Waals surface area contributed by atoms with Crippen molar-refractivity contribution in [3.8, 4) is 0 Å². The molecule has 2 saturated carbocycles. The van der Waals surface area contributed by atoms with Crippen LogP contribution in [0.4, 0.5) is 0 Å². The molecule has 0 aliphatic heterocycles. The maximum Gasteiger partial charge on any atom is 0.307 e. The van der Waals surface area contributed by atoms with Crippen LogP contribution in [0.3, 0.4) is 0 Å². The topological polar surface area (TPSA) is 88.1 Å². The Bertz CT molecular complexity index is 575. The van der Waals surface area contributed by atoms with Crippen LogP contribution in [-0.2, 0) is 38.5 Å². The highest BCUT2D eigenvalue weighted by molar-refractivity contribution is 7.95. The summed E-state index contributed by atoms with van der Waals surface area (Å²) in [5, 5.41) is 0. The van der Waals surface area contributed by atoms with Crippen LogP contribution in [-0.4, -0.2) is 39.2 Å². The average Bonchev–Trinajstić information content (AvgIpc) is 2.78. The third-order valence-corrected chi connectivity index (χ3v) is 7.64. The van der Waals surface area contributed by atoms with E-state index in [0.29, 0.717) is 19.3 Å². The second-order valence-electron chi connectivity index (χ2n) is 8.74. The number of esters is 2. The summed E-state index contributed by atoms with van der Waals surface area (Å²) in [6.07, 6.45) is 13.9. The highest BCUT2D eigenvalue weighted by Crippen LogP contribution is 2.26. The number of hydrogen-bond donors (Lipinski definition) is 0. The molecule has 186 valence electrons. The lowest BCUT2D eigenvalue weighted by atomic mass is 9.98. The van der Waals surface area contributed by atoms with Crippen molar-refractivity contribution in [3.05, 3.63) is 0 Å². The fourth-order valence-corrected chi connectivity index (χ4v) is 5.41. The van der Waals surface area contributed by atoms with Crippen molar-refractivity contribution in [1.29, 1.82) is 0 Å². The molecule has 2 rings (SSSR count). The molecule has 0 heterocycles. The van der Waals surface area contributed by atoms with Crippen molar-refractivity contribution in [2.24, 2.45) is 0 Å².